The van der Waals surface area contributed by atoms with E-state index in [1.807, 2.05) is 56.3 Å². The van der Waals surface area contributed by atoms with E-state index in [0.717, 1.165) is 16.5 Å². The first-order chi connectivity index (χ1) is 30.4. The highest BCUT2D eigenvalue weighted by molar-refractivity contribution is 5.84. The van der Waals surface area contributed by atoms with E-state index in [1.165, 1.54) is 27.9 Å². The molecule has 366 valence electrons. The normalized spacial score (nSPS) is 40.3. The van der Waals surface area contributed by atoms with Crippen LogP contribution < -0.4 is 5.32 Å². The lowest BCUT2D eigenvalue weighted by Crippen LogP contribution is -2.59. The Morgan fingerprint density at radius 3 is 2.29 bits per heavy atom. The molecule has 2 aromatic rings. The van der Waals surface area contributed by atoms with E-state index in [9.17, 15) is 39.9 Å². The highest BCUT2D eigenvalue weighted by Crippen LogP contribution is 2.39. The molecule has 0 radical (unpaired) electrons. The zero-order valence-electron chi connectivity index (χ0n) is 40.0. The first-order valence-electron chi connectivity index (χ1n) is 23.1. The summed E-state index contributed by atoms with van der Waals surface area (Å²) >= 11 is 0. The largest absolute Gasteiger partial charge is 0.459 e. The minimum Gasteiger partial charge on any atom is -0.459 e. The number of aromatic nitrogens is 1. The van der Waals surface area contributed by atoms with Gasteiger partial charge in [-0.3, -0.25) is 19.4 Å². The van der Waals surface area contributed by atoms with Crippen molar-refractivity contribution < 1.29 is 68.3 Å². The topological polar surface area (TPSA) is 236 Å². The van der Waals surface area contributed by atoms with Gasteiger partial charge in [0.1, 0.15) is 29.7 Å². The Kier molecular flexibility index (Phi) is 17.7. The molecule has 1 aromatic carbocycles. The van der Waals surface area contributed by atoms with E-state index in [1.54, 1.807) is 33.9 Å². The van der Waals surface area contributed by atoms with Gasteiger partial charge in [0.2, 0.25) is 5.91 Å². The predicted molar refractivity (Wildman–Crippen MR) is 239 cm³/mol. The summed E-state index contributed by atoms with van der Waals surface area (Å²) in [4.78, 5) is 48.1. The summed E-state index contributed by atoms with van der Waals surface area (Å²) in [7, 11) is 5.13. The fourth-order valence-electron chi connectivity index (χ4n) is 9.73. The number of fused-ring (bicyclic) bond motifs is 1. The minimum absolute atomic E-state index is 0.0473. The number of benzene rings is 1. The summed E-state index contributed by atoms with van der Waals surface area (Å²) in [5.41, 5.74) is -3.37. The lowest BCUT2D eigenvalue weighted by atomic mass is 9.76. The molecule has 5 rings (SSSR count). The first kappa shape index (κ1) is 52.8. The van der Waals surface area contributed by atoms with Crippen LogP contribution in [0.2, 0.25) is 0 Å². The zero-order valence-corrected chi connectivity index (χ0v) is 40.0. The van der Waals surface area contributed by atoms with Gasteiger partial charge in [-0.1, -0.05) is 32.0 Å². The number of ether oxygens (including phenoxy) is 6. The van der Waals surface area contributed by atoms with Gasteiger partial charge in [0.25, 0.3) is 0 Å². The molecule has 17 atom stereocenters. The van der Waals surface area contributed by atoms with Crippen LogP contribution in [0.15, 0.2) is 36.5 Å². The third kappa shape index (κ3) is 12.5. The molecule has 17 heteroatoms. The molecule has 3 aliphatic heterocycles. The Bertz CT molecular complexity index is 1910. The number of rotatable bonds is 12. The van der Waals surface area contributed by atoms with Crippen LogP contribution in [0.25, 0.3) is 10.9 Å². The second kappa shape index (κ2) is 21.8. The van der Waals surface area contributed by atoms with Crippen molar-refractivity contribution in [2.75, 3.05) is 27.7 Å². The van der Waals surface area contributed by atoms with Gasteiger partial charge in [0.05, 0.1) is 53.2 Å². The molecule has 17 nitrogen and oxygen atoms in total. The highest BCUT2D eigenvalue weighted by atomic mass is 16.7. The smallest absolute Gasteiger partial charge is 0.311 e. The number of Topliss-reactive ketones (excluding diaryl/α,β-unsaturated/α-hetero) is 1. The van der Waals surface area contributed by atoms with Crippen molar-refractivity contribution in [3.05, 3.63) is 42.1 Å². The van der Waals surface area contributed by atoms with E-state index in [4.69, 9.17) is 28.4 Å². The van der Waals surface area contributed by atoms with Crippen molar-refractivity contribution in [2.45, 2.75) is 185 Å². The third-order valence-corrected chi connectivity index (χ3v) is 14.2. The number of esters is 1. The lowest BCUT2D eigenvalue weighted by molar-refractivity contribution is -0.308. The Hall–Kier alpha value is -3.20. The molecule has 0 saturated carbocycles. The molecule has 8 unspecified atom stereocenters. The molecule has 3 aliphatic rings. The second-order valence-electron chi connectivity index (χ2n) is 19.7. The highest BCUT2D eigenvalue weighted by Gasteiger charge is 2.52. The van der Waals surface area contributed by atoms with Gasteiger partial charge < -0.3 is 64.2 Å². The molecular formula is C48H75N3O14. The molecule has 1 amide bonds. The second-order valence-corrected chi connectivity index (χ2v) is 19.7. The summed E-state index contributed by atoms with van der Waals surface area (Å²) in [6.07, 6.45) is -8.81. The van der Waals surface area contributed by atoms with Gasteiger partial charge in [-0.15, -0.1) is 0 Å². The molecule has 0 bridgehead atoms. The average molecular weight is 918 g/mol. The van der Waals surface area contributed by atoms with Crippen molar-refractivity contribution in [2.24, 2.45) is 17.8 Å². The van der Waals surface area contributed by atoms with Gasteiger partial charge >= 0.3 is 5.97 Å². The van der Waals surface area contributed by atoms with E-state index >= 15 is 0 Å². The number of methoxy groups -OCH3 is 1. The molecule has 4 heterocycles. The Morgan fingerprint density at radius 1 is 0.923 bits per heavy atom. The molecule has 65 heavy (non-hydrogen) atoms. The van der Waals surface area contributed by atoms with Crippen molar-refractivity contribution in [1.29, 1.82) is 0 Å². The summed E-state index contributed by atoms with van der Waals surface area (Å²) in [5.74, 6) is -4.88. The zero-order chi connectivity index (χ0) is 48.2. The van der Waals surface area contributed by atoms with Crippen LogP contribution in [-0.4, -0.2) is 165 Å². The van der Waals surface area contributed by atoms with Gasteiger partial charge in [0, 0.05) is 68.8 Å². The predicted octanol–water partition coefficient (Wildman–Crippen LogP) is 2.82. The number of carbonyl (C=O) groups is 3. The fraction of sp³-hybridized carbons (Fsp3) is 0.750. The van der Waals surface area contributed by atoms with Crippen LogP contribution in [0.5, 0.6) is 0 Å². The van der Waals surface area contributed by atoms with E-state index < -0.39 is 102 Å². The summed E-state index contributed by atoms with van der Waals surface area (Å²) in [6.45, 7) is 12.6. The number of cyclic esters (lactones) is 1. The number of aliphatic hydroxyl groups excluding tert-OH is 3. The number of aryl methyl sites for hydroxylation is 1. The number of para-hydroxylation sites is 1. The average Bonchev–Trinajstić information content (AvgIpc) is 3.25. The van der Waals surface area contributed by atoms with E-state index in [-0.39, 0.29) is 56.7 Å². The molecule has 3 saturated heterocycles. The van der Waals surface area contributed by atoms with Gasteiger partial charge in [0.15, 0.2) is 12.6 Å². The van der Waals surface area contributed by atoms with Crippen LogP contribution in [-0.2, 0) is 49.2 Å². The molecule has 6 N–H and O–H groups in total. The number of hydrogen-bond acceptors (Lipinski definition) is 16. The van der Waals surface area contributed by atoms with Crippen LogP contribution in [0.4, 0.5) is 0 Å². The first-order valence-corrected chi connectivity index (χ1v) is 23.1. The number of carbonyl (C=O) groups excluding carboxylic acids is 3. The Balaban J connectivity index is 1.46. The number of likely N-dealkylation sites (N-methyl/N-ethyl adjacent to an activating group) is 1. The third-order valence-electron chi connectivity index (χ3n) is 14.2. The quantitative estimate of drug-likeness (QED) is 0.168. The number of ketones is 1. The van der Waals surface area contributed by atoms with Gasteiger partial charge in [-0.2, -0.15) is 0 Å². The molecule has 1 aromatic heterocycles. The molecule has 0 aliphatic carbocycles. The Morgan fingerprint density at radius 2 is 1.62 bits per heavy atom. The number of hydrogen-bond donors (Lipinski definition) is 6. The SMILES string of the molecule is COC1(C)CC(O[C@H]2C[C@@H](OC3OC(C)CC(N(C)C)C3O)[C@](C)(O)C[C@@H](C)C(=O)[C@H](C)[C@@H](O)[C@](C)(O)[C@@H](CCNC(=O)CCc3ccnc4ccccc34)OC(=O)[C@@H]2C)OC(C)C1O. The summed E-state index contributed by atoms with van der Waals surface area (Å²) < 4.78 is 37.3. The molecular weight excluding hydrogens is 843 g/mol. The fourth-order valence-corrected chi connectivity index (χ4v) is 9.73. The molecule has 0 spiro atoms. The van der Waals surface area contributed by atoms with Gasteiger partial charge in [-0.25, -0.2) is 0 Å². The summed E-state index contributed by atoms with van der Waals surface area (Å²) in [6, 6.07) is 9.16. The van der Waals surface area contributed by atoms with E-state index in [0.29, 0.717) is 12.8 Å². The van der Waals surface area contributed by atoms with Crippen LogP contribution in [0.1, 0.15) is 99.5 Å². The molecule has 3 fully saturated rings. The maximum atomic E-state index is 14.5. The van der Waals surface area contributed by atoms with E-state index in [2.05, 4.69) is 10.3 Å². The maximum Gasteiger partial charge on any atom is 0.311 e. The number of nitrogens with one attached hydrogen (secondary N) is 1. The Labute approximate surface area is 383 Å². The van der Waals surface area contributed by atoms with Crippen molar-refractivity contribution in [3.8, 4) is 0 Å². The van der Waals surface area contributed by atoms with Crippen molar-refractivity contribution in [1.82, 2.24) is 15.2 Å². The van der Waals surface area contributed by atoms with Crippen LogP contribution in [0.3, 0.4) is 0 Å². The lowest BCUT2D eigenvalue weighted by Gasteiger charge is -2.47. The number of pyridine rings is 1. The standard InChI is InChI=1S/C48H75N3O14/c1-26-24-46(6,58)37(65-45-41(54)34(51(9)10)22-27(2)61-45)23-35(63-39-25-47(7,60-11)43(56)30(5)62-39)28(3)44(57)64-36(48(8,59)42(55)29(4)40(26)53)19-21-50-38(52)17-16-31-18-20-49-33-15-13-12-14-32(31)33/h12-15,18,20,26-30,34-37,39,41-43,45,54-56,58-59H,16-17,19,21-25H2,1-11H3,(H,50,52)/t26-,27?,28-,29+,30?,34?,35+,36-,37-,39?,41?,42-,43?,45?,46-,47?,48-/m1/s1. The number of aliphatic hydroxyl groups is 5. The maximum absolute atomic E-state index is 14.5. The van der Waals surface area contributed by atoms with Gasteiger partial charge in [-0.05, 0) is 92.6 Å². The van der Waals surface area contributed by atoms with Crippen LogP contribution >= 0.6 is 0 Å². The number of amides is 1. The minimum atomic E-state index is -2.20. The summed E-state index contributed by atoms with van der Waals surface area (Å²) in [5, 5.41) is 62.6. The monoisotopic (exact) mass is 918 g/mol. The van der Waals surface area contributed by atoms with Crippen LogP contribution in [0, 0.1) is 17.8 Å². The van der Waals surface area contributed by atoms with Crippen molar-refractivity contribution in [3.63, 3.8) is 0 Å². The number of nitrogens with zero attached hydrogens (tertiary/aromatic N) is 2. The van der Waals surface area contributed by atoms with Crippen molar-refractivity contribution >= 4 is 28.6 Å².